The van der Waals surface area contributed by atoms with Gasteiger partial charge in [0.05, 0.1) is 32.1 Å². The Morgan fingerprint density at radius 3 is 2.48 bits per heavy atom. The highest BCUT2D eigenvalue weighted by atomic mass is 16.7. The standard InChI is InChI=1S/C24H29NO4/c1-4-5-6-11-27-20-9-7-19(8-10-20)16-25-22-18(3)14-17(2)15-21(22)24(23(25)26)28-12-13-29-24/h7-10,14-15H,4-6,11-13,16H2,1-3H3. The largest absolute Gasteiger partial charge is 0.494 e. The van der Waals surface area contributed by atoms with Gasteiger partial charge in [-0.15, -0.1) is 0 Å². The van der Waals surface area contributed by atoms with Gasteiger partial charge < -0.3 is 19.1 Å². The fourth-order valence-corrected chi connectivity index (χ4v) is 4.22. The number of hydrogen-bond donors (Lipinski definition) is 0. The number of amides is 1. The minimum absolute atomic E-state index is 0.140. The summed E-state index contributed by atoms with van der Waals surface area (Å²) in [4.78, 5) is 15.2. The molecule has 1 saturated heterocycles. The molecular weight excluding hydrogens is 366 g/mol. The van der Waals surface area contributed by atoms with E-state index >= 15 is 0 Å². The zero-order chi connectivity index (χ0) is 20.4. The zero-order valence-corrected chi connectivity index (χ0v) is 17.5. The van der Waals surface area contributed by atoms with E-state index in [2.05, 4.69) is 13.0 Å². The van der Waals surface area contributed by atoms with E-state index in [0.717, 1.165) is 46.7 Å². The molecule has 2 aliphatic heterocycles. The van der Waals surface area contributed by atoms with E-state index in [-0.39, 0.29) is 5.91 Å². The van der Waals surface area contributed by atoms with E-state index in [1.165, 1.54) is 12.8 Å². The first kappa shape index (κ1) is 19.9. The van der Waals surface area contributed by atoms with Crippen LogP contribution in [0.3, 0.4) is 0 Å². The number of ether oxygens (including phenoxy) is 3. The first-order valence-corrected chi connectivity index (χ1v) is 10.5. The molecule has 0 saturated carbocycles. The number of carbonyl (C=O) groups is 1. The maximum absolute atomic E-state index is 13.4. The molecule has 154 valence electrons. The van der Waals surface area contributed by atoms with Crippen molar-refractivity contribution < 1.29 is 19.0 Å². The Hall–Kier alpha value is -2.37. The highest BCUT2D eigenvalue weighted by molar-refractivity contribution is 6.07. The minimum Gasteiger partial charge on any atom is -0.494 e. The van der Waals surface area contributed by atoms with E-state index in [1.54, 1.807) is 4.90 Å². The van der Waals surface area contributed by atoms with Gasteiger partial charge in [0.15, 0.2) is 0 Å². The van der Waals surface area contributed by atoms with Crippen molar-refractivity contribution in [2.75, 3.05) is 24.7 Å². The van der Waals surface area contributed by atoms with E-state index in [0.29, 0.717) is 19.8 Å². The van der Waals surface area contributed by atoms with Gasteiger partial charge in [-0.25, -0.2) is 0 Å². The van der Waals surface area contributed by atoms with E-state index < -0.39 is 5.79 Å². The van der Waals surface area contributed by atoms with Crippen LogP contribution in [0.2, 0.25) is 0 Å². The van der Waals surface area contributed by atoms with Crippen molar-refractivity contribution in [1.29, 1.82) is 0 Å². The predicted molar refractivity (Wildman–Crippen MR) is 112 cm³/mol. The van der Waals surface area contributed by atoms with Crippen molar-refractivity contribution in [3.63, 3.8) is 0 Å². The number of anilines is 1. The first-order chi connectivity index (χ1) is 14.0. The van der Waals surface area contributed by atoms with Crippen molar-refractivity contribution in [2.24, 2.45) is 0 Å². The van der Waals surface area contributed by atoms with E-state index in [1.807, 2.05) is 44.2 Å². The normalized spacial score (nSPS) is 17.2. The summed E-state index contributed by atoms with van der Waals surface area (Å²) in [6.07, 6.45) is 3.43. The highest BCUT2D eigenvalue weighted by Crippen LogP contribution is 2.48. The van der Waals surface area contributed by atoms with Crippen LogP contribution in [0.5, 0.6) is 5.75 Å². The van der Waals surface area contributed by atoms with Crippen molar-refractivity contribution in [3.8, 4) is 5.75 Å². The molecule has 5 heteroatoms. The summed E-state index contributed by atoms with van der Waals surface area (Å²) < 4.78 is 17.5. The van der Waals surface area contributed by atoms with Crippen LogP contribution in [0.1, 0.15) is 48.4 Å². The number of fused-ring (bicyclic) bond motifs is 2. The van der Waals surface area contributed by atoms with Gasteiger partial charge in [0.1, 0.15) is 5.75 Å². The maximum atomic E-state index is 13.4. The third-order valence-electron chi connectivity index (χ3n) is 5.57. The zero-order valence-electron chi connectivity index (χ0n) is 17.5. The van der Waals surface area contributed by atoms with Crippen LogP contribution in [0.15, 0.2) is 36.4 Å². The Labute approximate surface area is 172 Å². The summed E-state index contributed by atoms with van der Waals surface area (Å²) in [6, 6.07) is 12.1. The molecule has 2 heterocycles. The fraction of sp³-hybridized carbons (Fsp3) is 0.458. The van der Waals surface area contributed by atoms with Crippen LogP contribution in [-0.4, -0.2) is 25.7 Å². The van der Waals surface area contributed by atoms with Gasteiger partial charge in [0, 0.05) is 5.56 Å². The van der Waals surface area contributed by atoms with Gasteiger partial charge in [-0.05, 0) is 49.6 Å². The summed E-state index contributed by atoms with van der Waals surface area (Å²) in [5.41, 5.74) is 4.93. The SMILES string of the molecule is CCCCCOc1ccc(CN2C(=O)C3(OCCO3)c3cc(C)cc(C)c32)cc1. The van der Waals surface area contributed by atoms with Crippen molar-refractivity contribution >= 4 is 11.6 Å². The monoisotopic (exact) mass is 395 g/mol. The summed E-state index contributed by atoms with van der Waals surface area (Å²) in [7, 11) is 0. The van der Waals surface area contributed by atoms with Crippen molar-refractivity contribution in [3.05, 3.63) is 58.7 Å². The Balaban J connectivity index is 1.56. The van der Waals surface area contributed by atoms with Gasteiger partial charge in [0.2, 0.25) is 0 Å². The molecule has 1 spiro atoms. The second kappa shape index (κ2) is 8.17. The Morgan fingerprint density at radius 2 is 1.79 bits per heavy atom. The molecule has 2 aromatic carbocycles. The molecule has 2 aliphatic rings. The van der Waals surface area contributed by atoms with Gasteiger partial charge in [-0.1, -0.05) is 43.5 Å². The number of carbonyl (C=O) groups excluding carboxylic acids is 1. The highest BCUT2D eigenvalue weighted by Gasteiger charge is 2.56. The third kappa shape index (κ3) is 3.65. The molecule has 0 atom stereocenters. The maximum Gasteiger partial charge on any atom is 0.292 e. The lowest BCUT2D eigenvalue weighted by molar-refractivity contribution is -0.180. The molecule has 0 unspecified atom stereocenters. The molecular formula is C24H29NO4. The molecule has 0 N–H and O–H groups in total. The molecule has 0 radical (unpaired) electrons. The molecule has 4 rings (SSSR count). The number of rotatable bonds is 7. The Bertz CT molecular complexity index is 884. The summed E-state index contributed by atoms with van der Waals surface area (Å²) in [5, 5.41) is 0. The van der Waals surface area contributed by atoms with Gasteiger partial charge in [-0.3, -0.25) is 4.79 Å². The molecule has 29 heavy (non-hydrogen) atoms. The fourth-order valence-electron chi connectivity index (χ4n) is 4.22. The molecule has 1 amide bonds. The Kier molecular flexibility index (Phi) is 5.61. The van der Waals surface area contributed by atoms with Gasteiger partial charge in [-0.2, -0.15) is 0 Å². The van der Waals surface area contributed by atoms with E-state index in [4.69, 9.17) is 14.2 Å². The number of nitrogens with zero attached hydrogens (tertiary/aromatic N) is 1. The second-order valence-corrected chi connectivity index (χ2v) is 7.88. The lowest BCUT2D eigenvalue weighted by Crippen LogP contribution is -2.41. The summed E-state index contributed by atoms with van der Waals surface area (Å²) in [5.74, 6) is -0.559. The van der Waals surface area contributed by atoms with Crippen LogP contribution in [0.25, 0.3) is 0 Å². The lowest BCUT2D eigenvalue weighted by atomic mass is 10.0. The first-order valence-electron chi connectivity index (χ1n) is 10.5. The summed E-state index contributed by atoms with van der Waals surface area (Å²) >= 11 is 0. The number of benzene rings is 2. The average molecular weight is 395 g/mol. The lowest BCUT2D eigenvalue weighted by Gasteiger charge is -2.22. The van der Waals surface area contributed by atoms with Crippen molar-refractivity contribution in [1.82, 2.24) is 0 Å². The quantitative estimate of drug-likeness (QED) is 0.642. The van der Waals surface area contributed by atoms with Gasteiger partial charge >= 0.3 is 0 Å². The number of unbranched alkanes of at least 4 members (excludes halogenated alkanes) is 2. The van der Waals surface area contributed by atoms with Crippen LogP contribution in [-0.2, 0) is 26.6 Å². The molecule has 1 fully saturated rings. The van der Waals surface area contributed by atoms with Crippen molar-refractivity contribution in [2.45, 2.75) is 52.4 Å². The smallest absolute Gasteiger partial charge is 0.292 e. The third-order valence-corrected chi connectivity index (χ3v) is 5.57. The topological polar surface area (TPSA) is 48.0 Å². The Morgan fingerprint density at radius 1 is 1.07 bits per heavy atom. The second-order valence-electron chi connectivity index (χ2n) is 7.88. The predicted octanol–water partition coefficient (Wildman–Crippen LogP) is 4.62. The summed E-state index contributed by atoms with van der Waals surface area (Å²) in [6.45, 7) is 8.31. The van der Waals surface area contributed by atoms with Crippen LogP contribution in [0, 0.1) is 13.8 Å². The number of aryl methyl sites for hydroxylation is 2. The molecule has 5 nitrogen and oxygen atoms in total. The minimum atomic E-state index is -1.28. The molecule has 0 aromatic heterocycles. The van der Waals surface area contributed by atoms with Crippen LogP contribution in [0.4, 0.5) is 5.69 Å². The van der Waals surface area contributed by atoms with Crippen LogP contribution >= 0.6 is 0 Å². The number of hydrogen-bond acceptors (Lipinski definition) is 4. The molecule has 0 bridgehead atoms. The van der Waals surface area contributed by atoms with E-state index in [9.17, 15) is 4.79 Å². The molecule has 2 aromatic rings. The average Bonchev–Trinajstić information content (AvgIpc) is 3.28. The van der Waals surface area contributed by atoms with Gasteiger partial charge in [0.25, 0.3) is 11.7 Å². The van der Waals surface area contributed by atoms with Crippen LogP contribution < -0.4 is 9.64 Å². The molecule has 0 aliphatic carbocycles.